The molecular weight excluding hydrogens is 160 g/mol. The summed E-state index contributed by atoms with van der Waals surface area (Å²) in [5.74, 6) is 0. The van der Waals surface area contributed by atoms with Crippen molar-refractivity contribution in [2.45, 2.75) is 38.3 Å². The number of hydrogen-bond donors (Lipinski definition) is 2. The van der Waals surface area contributed by atoms with E-state index in [1.165, 1.54) is 0 Å². The zero-order chi connectivity index (χ0) is 9.14. The molecule has 4 nitrogen and oxygen atoms in total. The van der Waals surface area contributed by atoms with Crippen LogP contribution in [0.4, 0.5) is 0 Å². The van der Waals surface area contributed by atoms with Crippen LogP contribution in [-0.2, 0) is 9.47 Å². The highest BCUT2D eigenvalue weighted by Gasteiger charge is 2.36. The average Bonchev–Trinajstić information content (AvgIpc) is 2.07. The van der Waals surface area contributed by atoms with Crippen molar-refractivity contribution in [2.24, 2.45) is 0 Å². The van der Waals surface area contributed by atoms with Crippen molar-refractivity contribution >= 4 is 0 Å². The van der Waals surface area contributed by atoms with Crippen LogP contribution in [0.25, 0.3) is 0 Å². The molecule has 0 spiro atoms. The molecule has 0 amide bonds. The molecule has 0 aromatic heterocycles. The standard InChI is InChI=1S/C8H16O4/c1-3-11-6-4-12-5(2)7(9)8(6)10/h5-10H,3-4H2,1-2H3/t5-,6-,7-,8-/m0/s1. The first-order chi connectivity index (χ1) is 5.66. The molecule has 0 unspecified atom stereocenters. The molecule has 1 aliphatic rings. The van der Waals surface area contributed by atoms with Crippen molar-refractivity contribution in [3.05, 3.63) is 0 Å². The van der Waals surface area contributed by atoms with Gasteiger partial charge in [0.25, 0.3) is 0 Å². The van der Waals surface area contributed by atoms with Gasteiger partial charge in [-0.05, 0) is 13.8 Å². The Morgan fingerprint density at radius 2 is 2.08 bits per heavy atom. The molecule has 4 atom stereocenters. The fraction of sp³-hybridized carbons (Fsp3) is 1.00. The lowest BCUT2D eigenvalue weighted by atomic mass is 10.0. The SMILES string of the molecule is CCO[C@H]1CO[C@@H](C)[C@H](O)[C@H]1O. The summed E-state index contributed by atoms with van der Waals surface area (Å²) in [6, 6.07) is 0. The Bertz CT molecular complexity index is 139. The summed E-state index contributed by atoms with van der Waals surface area (Å²) in [6.45, 7) is 4.45. The molecule has 1 fully saturated rings. The Hall–Kier alpha value is -0.160. The fourth-order valence-corrected chi connectivity index (χ4v) is 1.30. The molecule has 1 saturated heterocycles. The monoisotopic (exact) mass is 176 g/mol. The van der Waals surface area contributed by atoms with Crippen LogP contribution >= 0.6 is 0 Å². The molecule has 0 aliphatic carbocycles. The van der Waals surface area contributed by atoms with Crippen molar-refractivity contribution in [2.75, 3.05) is 13.2 Å². The average molecular weight is 176 g/mol. The molecule has 0 aromatic rings. The van der Waals surface area contributed by atoms with Crippen molar-refractivity contribution in [1.29, 1.82) is 0 Å². The number of aliphatic hydroxyl groups is 2. The Labute approximate surface area is 72.1 Å². The summed E-state index contributed by atoms with van der Waals surface area (Å²) in [5.41, 5.74) is 0. The van der Waals surface area contributed by atoms with Gasteiger partial charge in [-0.2, -0.15) is 0 Å². The van der Waals surface area contributed by atoms with Crippen molar-refractivity contribution in [1.82, 2.24) is 0 Å². The summed E-state index contributed by atoms with van der Waals surface area (Å²) in [4.78, 5) is 0. The Morgan fingerprint density at radius 3 is 2.67 bits per heavy atom. The Kier molecular flexibility index (Phi) is 3.46. The smallest absolute Gasteiger partial charge is 0.111 e. The quantitative estimate of drug-likeness (QED) is 0.597. The van der Waals surface area contributed by atoms with Crippen LogP contribution in [0.2, 0.25) is 0 Å². The highest BCUT2D eigenvalue weighted by molar-refractivity contribution is 4.85. The third-order valence-corrected chi connectivity index (χ3v) is 2.12. The third-order valence-electron chi connectivity index (χ3n) is 2.12. The first-order valence-corrected chi connectivity index (χ1v) is 4.26. The minimum Gasteiger partial charge on any atom is -0.388 e. The largest absolute Gasteiger partial charge is 0.388 e. The number of aliphatic hydroxyl groups excluding tert-OH is 2. The predicted octanol–water partition coefficient (Wildman–Crippen LogP) is -0.468. The van der Waals surface area contributed by atoms with E-state index in [1.807, 2.05) is 6.92 Å². The van der Waals surface area contributed by atoms with Crippen LogP contribution < -0.4 is 0 Å². The second-order valence-corrected chi connectivity index (χ2v) is 3.01. The van der Waals surface area contributed by atoms with Crippen LogP contribution in [0.5, 0.6) is 0 Å². The van der Waals surface area contributed by atoms with Gasteiger partial charge >= 0.3 is 0 Å². The summed E-state index contributed by atoms with van der Waals surface area (Å²) < 4.78 is 10.4. The molecular formula is C8H16O4. The zero-order valence-corrected chi connectivity index (χ0v) is 7.43. The van der Waals surface area contributed by atoms with E-state index in [0.717, 1.165) is 0 Å². The van der Waals surface area contributed by atoms with Crippen molar-refractivity contribution in [3.63, 3.8) is 0 Å². The summed E-state index contributed by atoms with van der Waals surface area (Å²) in [6.07, 6.45) is -2.36. The number of rotatable bonds is 2. The van der Waals surface area contributed by atoms with E-state index in [1.54, 1.807) is 6.92 Å². The van der Waals surface area contributed by atoms with Gasteiger partial charge in [0.05, 0.1) is 12.7 Å². The molecule has 0 radical (unpaired) electrons. The predicted molar refractivity (Wildman–Crippen MR) is 42.8 cm³/mol. The van der Waals surface area contributed by atoms with E-state index in [2.05, 4.69) is 0 Å². The first-order valence-electron chi connectivity index (χ1n) is 4.26. The zero-order valence-electron chi connectivity index (χ0n) is 7.43. The van der Waals surface area contributed by atoms with E-state index in [-0.39, 0.29) is 12.2 Å². The highest BCUT2D eigenvalue weighted by Crippen LogP contribution is 2.17. The van der Waals surface area contributed by atoms with Gasteiger partial charge in [0.15, 0.2) is 0 Å². The summed E-state index contributed by atoms with van der Waals surface area (Å²) in [7, 11) is 0. The molecule has 0 bridgehead atoms. The van der Waals surface area contributed by atoms with Gasteiger partial charge in [0.1, 0.15) is 18.3 Å². The normalized spacial score (nSPS) is 43.0. The maximum absolute atomic E-state index is 9.48. The van der Waals surface area contributed by atoms with Crippen LogP contribution in [0.1, 0.15) is 13.8 Å². The third kappa shape index (κ3) is 1.95. The lowest BCUT2D eigenvalue weighted by molar-refractivity contribution is -0.195. The molecule has 2 N–H and O–H groups in total. The maximum Gasteiger partial charge on any atom is 0.111 e. The van der Waals surface area contributed by atoms with Gasteiger partial charge in [-0.25, -0.2) is 0 Å². The van der Waals surface area contributed by atoms with E-state index in [9.17, 15) is 10.2 Å². The topological polar surface area (TPSA) is 58.9 Å². The van der Waals surface area contributed by atoms with Crippen LogP contribution in [0, 0.1) is 0 Å². The molecule has 1 aliphatic heterocycles. The fourth-order valence-electron chi connectivity index (χ4n) is 1.30. The second kappa shape index (κ2) is 4.18. The van der Waals surface area contributed by atoms with Gasteiger partial charge < -0.3 is 19.7 Å². The summed E-state index contributed by atoms with van der Waals surface area (Å²) >= 11 is 0. The minimum atomic E-state index is -0.838. The Morgan fingerprint density at radius 1 is 1.42 bits per heavy atom. The van der Waals surface area contributed by atoms with Crippen LogP contribution in [-0.4, -0.2) is 47.8 Å². The molecule has 0 saturated carbocycles. The van der Waals surface area contributed by atoms with Crippen molar-refractivity contribution < 1.29 is 19.7 Å². The van der Waals surface area contributed by atoms with Gasteiger partial charge in [0, 0.05) is 6.61 Å². The van der Waals surface area contributed by atoms with E-state index in [4.69, 9.17) is 9.47 Å². The van der Waals surface area contributed by atoms with Gasteiger partial charge in [-0.1, -0.05) is 0 Å². The van der Waals surface area contributed by atoms with Gasteiger partial charge in [-0.15, -0.1) is 0 Å². The first kappa shape index (κ1) is 9.92. The van der Waals surface area contributed by atoms with Gasteiger partial charge in [0.2, 0.25) is 0 Å². The molecule has 12 heavy (non-hydrogen) atoms. The van der Waals surface area contributed by atoms with Crippen LogP contribution in [0.3, 0.4) is 0 Å². The second-order valence-electron chi connectivity index (χ2n) is 3.01. The van der Waals surface area contributed by atoms with E-state index in [0.29, 0.717) is 13.2 Å². The van der Waals surface area contributed by atoms with E-state index >= 15 is 0 Å². The Balaban J connectivity index is 2.46. The molecule has 1 rings (SSSR count). The molecule has 0 aromatic carbocycles. The lowest BCUT2D eigenvalue weighted by Crippen LogP contribution is -2.52. The van der Waals surface area contributed by atoms with E-state index < -0.39 is 12.2 Å². The number of hydrogen-bond acceptors (Lipinski definition) is 4. The molecule has 72 valence electrons. The van der Waals surface area contributed by atoms with Gasteiger partial charge in [-0.3, -0.25) is 0 Å². The van der Waals surface area contributed by atoms with Crippen LogP contribution in [0.15, 0.2) is 0 Å². The minimum absolute atomic E-state index is 0.309. The molecule has 1 heterocycles. The number of ether oxygens (including phenoxy) is 2. The lowest BCUT2D eigenvalue weighted by Gasteiger charge is -2.35. The molecule has 4 heteroatoms. The maximum atomic E-state index is 9.48. The van der Waals surface area contributed by atoms with Crippen molar-refractivity contribution in [3.8, 4) is 0 Å². The highest BCUT2D eigenvalue weighted by atomic mass is 16.6. The summed E-state index contributed by atoms with van der Waals surface area (Å²) in [5, 5.41) is 18.9.